The van der Waals surface area contributed by atoms with Crippen LogP contribution in [0, 0.1) is 13.8 Å². The van der Waals surface area contributed by atoms with Gasteiger partial charge in [-0.15, -0.1) is 0 Å². The van der Waals surface area contributed by atoms with Crippen molar-refractivity contribution in [3.05, 3.63) is 65.2 Å². The molecule has 0 saturated carbocycles. The maximum Gasteiger partial charge on any atom is 0.244 e. The molecule has 0 radical (unpaired) electrons. The number of sulfonamides is 1. The molecule has 0 spiro atoms. The number of aryl methyl sites for hydroxylation is 2. The molecule has 0 aliphatic heterocycles. The molecule has 2 amide bonds. The van der Waals surface area contributed by atoms with Crippen molar-refractivity contribution in [2.45, 2.75) is 53.2 Å². The first-order valence-electron chi connectivity index (χ1n) is 10.6. The van der Waals surface area contributed by atoms with Gasteiger partial charge >= 0.3 is 0 Å². The Hall–Kier alpha value is -2.87. The van der Waals surface area contributed by atoms with Gasteiger partial charge in [0.2, 0.25) is 21.8 Å². The summed E-state index contributed by atoms with van der Waals surface area (Å²) in [4.78, 5) is 27.6. The molecule has 1 unspecified atom stereocenters. The molecule has 0 fully saturated rings. The zero-order chi connectivity index (χ0) is 24.1. The first kappa shape index (κ1) is 25.4. The third kappa shape index (κ3) is 6.56. The van der Waals surface area contributed by atoms with E-state index in [-0.39, 0.29) is 18.5 Å². The van der Waals surface area contributed by atoms with Gasteiger partial charge in [-0.3, -0.25) is 13.9 Å². The SMILES string of the molecule is Cc1cccc(C)c1N(CC(=O)N(Cc1ccccc1)C(C)C(=O)NC(C)C)S(C)(=O)=O. The molecule has 1 atom stereocenters. The van der Waals surface area contributed by atoms with Gasteiger partial charge < -0.3 is 10.2 Å². The number of amides is 2. The van der Waals surface area contributed by atoms with Gasteiger partial charge in [0.1, 0.15) is 12.6 Å². The highest BCUT2D eigenvalue weighted by Gasteiger charge is 2.31. The lowest BCUT2D eigenvalue weighted by atomic mass is 10.1. The van der Waals surface area contributed by atoms with E-state index < -0.39 is 28.5 Å². The lowest BCUT2D eigenvalue weighted by Crippen LogP contribution is -2.52. The summed E-state index contributed by atoms with van der Waals surface area (Å²) in [6, 6.07) is 13.9. The average molecular weight is 460 g/mol. The lowest BCUT2D eigenvalue weighted by molar-refractivity contribution is -0.139. The monoisotopic (exact) mass is 459 g/mol. The van der Waals surface area contributed by atoms with E-state index >= 15 is 0 Å². The molecule has 0 saturated heterocycles. The number of para-hydroxylation sites is 1. The van der Waals surface area contributed by atoms with Crippen LogP contribution >= 0.6 is 0 Å². The number of carbonyl (C=O) groups is 2. The van der Waals surface area contributed by atoms with Gasteiger partial charge in [-0.05, 0) is 51.3 Å². The third-order valence-corrected chi connectivity index (χ3v) is 6.27. The molecule has 0 aliphatic rings. The highest BCUT2D eigenvalue weighted by Crippen LogP contribution is 2.27. The second-order valence-electron chi connectivity index (χ2n) is 8.36. The normalized spacial score (nSPS) is 12.3. The van der Waals surface area contributed by atoms with E-state index in [0.717, 1.165) is 27.3 Å². The van der Waals surface area contributed by atoms with Gasteiger partial charge in [0.05, 0.1) is 11.9 Å². The Morgan fingerprint density at radius 3 is 2.00 bits per heavy atom. The molecule has 32 heavy (non-hydrogen) atoms. The number of hydrogen-bond donors (Lipinski definition) is 1. The molecule has 2 rings (SSSR count). The molecule has 174 valence electrons. The molecule has 2 aromatic rings. The number of carbonyl (C=O) groups excluding carboxylic acids is 2. The van der Waals surface area contributed by atoms with Crippen LogP contribution in [0.4, 0.5) is 5.69 Å². The molecular formula is C24H33N3O4S. The minimum Gasteiger partial charge on any atom is -0.352 e. The standard InChI is InChI=1S/C24H33N3O4S/c1-17(2)25-24(29)20(5)26(15-21-13-8-7-9-14-21)22(28)16-27(32(6,30)31)23-18(3)11-10-12-19(23)4/h7-14,17,20H,15-16H2,1-6H3,(H,25,29). The maximum atomic E-state index is 13.5. The minimum atomic E-state index is -3.74. The number of nitrogens with zero attached hydrogens (tertiary/aromatic N) is 2. The van der Waals surface area contributed by atoms with Crippen LogP contribution in [0.5, 0.6) is 0 Å². The summed E-state index contributed by atoms with van der Waals surface area (Å²) in [5.41, 5.74) is 2.84. The van der Waals surface area contributed by atoms with Crippen LogP contribution in [0.25, 0.3) is 0 Å². The van der Waals surface area contributed by atoms with Crippen LogP contribution < -0.4 is 9.62 Å². The maximum absolute atomic E-state index is 13.5. The van der Waals surface area contributed by atoms with E-state index in [9.17, 15) is 18.0 Å². The van der Waals surface area contributed by atoms with Crippen molar-refractivity contribution in [2.24, 2.45) is 0 Å². The second-order valence-corrected chi connectivity index (χ2v) is 10.3. The van der Waals surface area contributed by atoms with Crippen LogP contribution in [0.3, 0.4) is 0 Å². The molecule has 7 nitrogen and oxygen atoms in total. The lowest BCUT2D eigenvalue weighted by Gasteiger charge is -2.32. The first-order valence-corrected chi connectivity index (χ1v) is 12.4. The summed E-state index contributed by atoms with van der Waals surface area (Å²) in [7, 11) is -3.74. The van der Waals surface area contributed by atoms with E-state index in [1.54, 1.807) is 6.92 Å². The van der Waals surface area contributed by atoms with Gasteiger partial charge in [0, 0.05) is 12.6 Å². The van der Waals surface area contributed by atoms with Crippen molar-refractivity contribution in [1.29, 1.82) is 0 Å². The smallest absolute Gasteiger partial charge is 0.244 e. The van der Waals surface area contributed by atoms with E-state index in [0.29, 0.717) is 5.69 Å². The average Bonchev–Trinajstić information content (AvgIpc) is 2.70. The summed E-state index contributed by atoms with van der Waals surface area (Å²) in [6.45, 7) is 8.77. The number of nitrogens with one attached hydrogen (secondary N) is 1. The Kier molecular flexibility index (Phi) is 8.44. The topological polar surface area (TPSA) is 86.8 Å². The Balaban J connectivity index is 2.43. The summed E-state index contributed by atoms with van der Waals surface area (Å²) < 4.78 is 26.5. The molecule has 0 aromatic heterocycles. The molecular weight excluding hydrogens is 426 g/mol. The molecule has 8 heteroatoms. The molecule has 0 heterocycles. The first-order chi connectivity index (χ1) is 14.9. The predicted octanol–water partition coefficient (Wildman–Crippen LogP) is 3.01. The molecule has 1 N–H and O–H groups in total. The number of benzene rings is 2. The molecule has 0 aliphatic carbocycles. The van der Waals surface area contributed by atoms with Gasteiger partial charge in [0.15, 0.2) is 0 Å². The van der Waals surface area contributed by atoms with Crippen LogP contribution in [-0.4, -0.2) is 50.0 Å². The van der Waals surface area contributed by atoms with E-state index in [4.69, 9.17) is 0 Å². The Morgan fingerprint density at radius 1 is 0.938 bits per heavy atom. The number of hydrogen-bond acceptors (Lipinski definition) is 4. The highest BCUT2D eigenvalue weighted by molar-refractivity contribution is 7.92. The van der Waals surface area contributed by atoms with Crippen molar-refractivity contribution < 1.29 is 18.0 Å². The van der Waals surface area contributed by atoms with E-state index in [1.165, 1.54) is 4.90 Å². The van der Waals surface area contributed by atoms with Crippen molar-refractivity contribution >= 4 is 27.5 Å². The fraction of sp³-hybridized carbons (Fsp3) is 0.417. The van der Waals surface area contributed by atoms with Crippen LogP contribution in [0.1, 0.15) is 37.5 Å². The minimum absolute atomic E-state index is 0.0826. The summed E-state index contributed by atoms with van der Waals surface area (Å²) in [5.74, 6) is -0.740. The van der Waals surface area contributed by atoms with E-state index in [2.05, 4.69) is 5.32 Å². The quantitative estimate of drug-likeness (QED) is 0.625. The number of rotatable bonds is 9. The van der Waals surface area contributed by atoms with Crippen molar-refractivity contribution in [2.75, 3.05) is 17.1 Å². The zero-order valence-electron chi connectivity index (χ0n) is 19.6. The number of anilines is 1. The van der Waals surface area contributed by atoms with Gasteiger partial charge in [-0.1, -0.05) is 48.5 Å². The van der Waals surface area contributed by atoms with Crippen LogP contribution in [0.2, 0.25) is 0 Å². The second kappa shape index (κ2) is 10.6. The van der Waals surface area contributed by atoms with Crippen molar-refractivity contribution in [3.8, 4) is 0 Å². The fourth-order valence-corrected chi connectivity index (χ4v) is 4.51. The van der Waals surface area contributed by atoms with Gasteiger partial charge in [-0.2, -0.15) is 0 Å². The summed E-state index contributed by atoms with van der Waals surface area (Å²) in [6.07, 6.45) is 1.09. The Labute approximate surface area is 191 Å². The van der Waals surface area contributed by atoms with Gasteiger partial charge in [-0.25, -0.2) is 8.42 Å². The largest absolute Gasteiger partial charge is 0.352 e. The van der Waals surface area contributed by atoms with Crippen molar-refractivity contribution in [1.82, 2.24) is 10.2 Å². The summed E-state index contributed by atoms with van der Waals surface area (Å²) >= 11 is 0. The highest BCUT2D eigenvalue weighted by atomic mass is 32.2. The third-order valence-electron chi connectivity index (χ3n) is 5.16. The molecule has 2 aromatic carbocycles. The van der Waals surface area contributed by atoms with Crippen LogP contribution in [-0.2, 0) is 26.2 Å². The Morgan fingerprint density at radius 2 is 1.50 bits per heavy atom. The van der Waals surface area contributed by atoms with Crippen molar-refractivity contribution in [3.63, 3.8) is 0 Å². The zero-order valence-corrected chi connectivity index (χ0v) is 20.4. The van der Waals surface area contributed by atoms with Crippen LogP contribution in [0.15, 0.2) is 48.5 Å². The fourth-order valence-electron chi connectivity index (χ4n) is 3.54. The van der Waals surface area contributed by atoms with Gasteiger partial charge in [0.25, 0.3) is 0 Å². The van der Waals surface area contributed by atoms with E-state index in [1.807, 2.05) is 76.2 Å². The Bertz CT molecular complexity index is 1030. The summed E-state index contributed by atoms with van der Waals surface area (Å²) in [5, 5.41) is 2.83. The predicted molar refractivity (Wildman–Crippen MR) is 128 cm³/mol. The molecule has 0 bridgehead atoms.